The maximum Gasteiger partial charge on any atom is 0.224 e. The van der Waals surface area contributed by atoms with Crippen LogP contribution in [0, 0.1) is 20.8 Å². The first kappa shape index (κ1) is 55.1. The second-order valence-corrected chi connectivity index (χ2v) is 18.6. The Kier molecular flexibility index (Phi) is 19.3. The number of nitrogens with one attached hydrogen (secondary N) is 4. The van der Waals surface area contributed by atoms with Gasteiger partial charge < -0.3 is 49.2 Å². The number of carbonyl (C=O) groups is 4. The third-order valence-corrected chi connectivity index (χ3v) is 13.2. The zero-order valence-corrected chi connectivity index (χ0v) is 43.3. The lowest BCUT2D eigenvalue weighted by Gasteiger charge is -2.35. The van der Waals surface area contributed by atoms with Gasteiger partial charge in [0.1, 0.15) is 19.8 Å². The number of rotatable bonds is 25. The van der Waals surface area contributed by atoms with Gasteiger partial charge >= 0.3 is 0 Å². The van der Waals surface area contributed by atoms with E-state index in [4.69, 9.17) is 14.2 Å². The van der Waals surface area contributed by atoms with Gasteiger partial charge in [-0.25, -0.2) is 0 Å². The molecule has 0 saturated heterocycles. The maximum atomic E-state index is 13.9. The van der Waals surface area contributed by atoms with Crippen molar-refractivity contribution in [3.05, 3.63) is 191 Å². The SMILES string of the molecule is CC(=O)NC(CCC(=O)NCc1c(OCc2ccccc2)c(=O)cc(C)n1C)(CCC(=O)NCc1c(OCc2ccccc2)c(=O)cc(C)n1C)CCC(=O)NCc1c(OCc2ccccc2)c(=O)cc(C)n1C. The van der Waals surface area contributed by atoms with Gasteiger partial charge in [-0.2, -0.15) is 0 Å². The lowest BCUT2D eigenvalue weighted by atomic mass is 9.83. The van der Waals surface area contributed by atoms with Crippen LogP contribution in [0.15, 0.2) is 124 Å². The molecule has 0 bridgehead atoms. The van der Waals surface area contributed by atoms with Crippen LogP contribution in [-0.4, -0.2) is 42.9 Å². The Balaban J connectivity index is 1.19. The summed E-state index contributed by atoms with van der Waals surface area (Å²) in [4.78, 5) is 94.4. The molecule has 0 spiro atoms. The molecular formula is C57H67N7O10. The number of benzene rings is 3. The molecule has 3 heterocycles. The zero-order chi connectivity index (χ0) is 53.4. The van der Waals surface area contributed by atoms with Crippen molar-refractivity contribution in [1.82, 2.24) is 35.0 Å². The van der Waals surface area contributed by atoms with Crippen molar-refractivity contribution < 1.29 is 33.4 Å². The highest BCUT2D eigenvalue weighted by atomic mass is 16.5. The van der Waals surface area contributed by atoms with Gasteiger partial charge in [0.2, 0.25) is 39.9 Å². The van der Waals surface area contributed by atoms with Gasteiger partial charge in [0.05, 0.1) is 36.7 Å². The lowest BCUT2D eigenvalue weighted by Crippen LogP contribution is -2.49. The first-order chi connectivity index (χ1) is 35.4. The van der Waals surface area contributed by atoms with Gasteiger partial charge in [0.15, 0.2) is 17.2 Å². The lowest BCUT2D eigenvalue weighted by molar-refractivity contribution is -0.126. The molecule has 0 unspecified atom stereocenters. The molecule has 6 aromatic rings. The molecule has 0 atom stereocenters. The van der Waals surface area contributed by atoms with Crippen molar-refractivity contribution in [2.24, 2.45) is 21.1 Å². The summed E-state index contributed by atoms with van der Waals surface area (Å²) in [6, 6.07) is 32.6. The minimum atomic E-state index is -1.25. The van der Waals surface area contributed by atoms with Gasteiger partial charge in [-0.1, -0.05) is 91.0 Å². The highest BCUT2D eigenvalue weighted by molar-refractivity contribution is 5.79. The third kappa shape index (κ3) is 15.2. The largest absolute Gasteiger partial charge is 0.483 e. The molecule has 6 rings (SSSR count). The number of nitrogens with zero attached hydrogens (tertiary/aromatic N) is 3. The molecule has 3 aromatic carbocycles. The maximum absolute atomic E-state index is 13.9. The van der Waals surface area contributed by atoms with Crippen molar-refractivity contribution in [1.29, 1.82) is 0 Å². The molecule has 0 aliphatic heterocycles. The van der Waals surface area contributed by atoms with E-state index in [1.807, 2.05) is 91.0 Å². The van der Waals surface area contributed by atoms with Crippen molar-refractivity contribution >= 4 is 23.6 Å². The molecule has 3 aromatic heterocycles. The smallest absolute Gasteiger partial charge is 0.224 e. The van der Waals surface area contributed by atoms with Crippen molar-refractivity contribution in [2.45, 2.75) is 111 Å². The summed E-state index contributed by atoms with van der Waals surface area (Å²) in [5.74, 6) is -1.37. The second-order valence-electron chi connectivity index (χ2n) is 18.6. The number of ether oxygens (including phenoxy) is 3. The fourth-order valence-corrected chi connectivity index (χ4v) is 8.63. The normalized spacial score (nSPS) is 11.1. The minimum absolute atomic E-state index is 0.0246. The Morgan fingerprint density at radius 2 is 0.730 bits per heavy atom. The van der Waals surface area contributed by atoms with E-state index in [2.05, 4.69) is 21.3 Å². The number of pyridine rings is 3. The summed E-state index contributed by atoms with van der Waals surface area (Å²) >= 11 is 0. The molecule has 0 aliphatic carbocycles. The average molecular weight is 1010 g/mol. The average Bonchev–Trinajstić information content (AvgIpc) is 3.38. The molecule has 0 saturated carbocycles. The van der Waals surface area contributed by atoms with E-state index >= 15 is 0 Å². The number of hydrogen-bond donors (Lipinski definition) is 4. The van der Waals surface area contributed by atoms with E-state index < -0.39 is 29.2 Å². The first-order valence-corrected chi connectivity index (χ1v) is 24.6. The predicted molar refractivity (Wildman–Crippen MR) is 281 cm³/mol. The minimum Gasteiger partial charge on any atom is -0.483 e. The van der Waals surface area contributed by atoms with Crippen LogP contribution < -0.4 is 51.8 Å². The molecular weight excluding hydrogens is 943 g/mol. The third-order valence-electron chi connectivity index (χ3n) is 13.2. The predicted octanol–water partition coefficient (Wildman–Crippen LogP) is 5.91. The van der Waals surface area contributed by atoms with E-state index in [0.717, 1.165) is 16.7 Å². The molecule has 17 heteroatoms. The number of hydrogen-bond acceptors (Lipinski definition) is 10. The van der Waals surface area contributed by atoms with Crippen LogP contribution in [0.4, 0.5) is 0 Å². The summed E-state index contributed by atoms with van der Waals surface area (Å²) in [5.41, 5.74) is 3.69. The summed E-state index contributed by atoms with van der Waals surface area (Å²) in [7, 11) is 5.33. The van der Waals surface area contributed by atoms with Crippen LogP contribution in [0.5, 0.6) is 17.2 Å². The topological polar surface area (TPSA) is 210 Å². The van der Waals surface area contributed by atoms with Gasteiger partial charge in [-0.05, 0) is 56.7 Å². The fraction of sp³-hybridized carbons (Fsp3) is 0.351. The van der Waals surface area contributed by atoms with E-state index in [9.17, 15) is 33.6 Å². The monoisotopic (exact) mass is 1010 g/mol. The van der Waals surface area contributed by atoms with E-state index in [-0.39, 0.29) is 112 Å². The zero-order valence-electron chi connectivity index (χ0n) is 43.3. The van der Waals surface area contributed by atoms with Crippen molar-refractivity contribution in [2.75, 3.05) is 0 Å². The quantitative estimate of drug-likeness (QED) is 0.0533. The van der Waals surface area contributed by atoms with E-state index in [1.165, 1.54) is 25.1 Å². The van der Waals surface area contributed by atoms with Crippen LogP contribution >= 0.6 is 0 Å². The molecule has 0 radical (unpaired) electrons. The van der Waals surface area contributed by atoms with Crippen molar-refractivity contribution in [3.8, 4) is 17.2 Å². The molecule has 4 amide bonds. The van der Waals surface area contributed by atoms with Gasteiger partial charge in [-0.3, -0.25) is 33.6 Å². The highest BCUT2D eigenvalue weighted by Gasteiger charge is 2.33. The number of amides is 4. The summed E-state index contributed by atoms with van der Waals surface area (Å²) in [6.45, 7) is 6.93. The molecule has 4 N–H and O–H groups in total. The Bertz CT molecular complexity index is 2790. The standard InChI is InChI=1S/C57H67N7O10/c1-38-29-48(66)54(72-35-42-17-11-8-12-18-42)45(62(38)5)32-58-51(69)23-26-57(61-41(4)65,27-24-52(70)59-33-46-55(49(67)30-39(2)63(46)6)73-36-43-19-13-9-14-20-43)28-25-53(71)60-34-47-56(50(68)31-40(3)64(47)7)74-37-44-21-15-10-16-22-44/h8-22,29-31H,23-28,32-37H2,1-7H3,(H,58,69)(H,59,70)(H,60,71)(H,61,65). The number of carbonyl (C=O) groups excluding carboxylic acids is 4. The molecule has 74 heavy (non-hydrogen) atoms. The Morgan fingerprint density at radius 1 is 0.459 bits per heavy atom. The van der Waals surface area contributed by atoms with Crippen LogP contribution in [-0.2, 0) is 79.8 Å². The summed E-state index contributed by atoms with van der Waals surface area (Å²) in [5, 5.41) is 11.8. The molecule has 0 fully saturated rings. The molecule has 390 valence electrons. The van der Waals surface area contributed by atoms with E-state index in [1.54, 1.807) is 55.6 Å². The van der Waals surface area contributed by atoms with Crippen LogP contribution in [0.2, 0.25) is 0 Å². The number of aryl methyl sites for hydroxylation is 3. The summed E-state index contributed by atoms with van der Waals surface area (Å²) in [6.07, 6.45) is -0.329. The Hall–Kier alpha value is -8.21. The fourth-order valence-electron chi connectivity index (χ4n) is 8.63. The highest BCUT2D eigenvalue weighted by Crippen LogP contribution is 2.27. The van der Waals surface area contributed by atoms with Gasteiger partial charge in [0.25, 0.3) is 0 Å². The second kappa shape index (κ2) is 26.0. The van der Waals surface area contributed by atoms with Gasteiger partial charge in [-0.15, -0.1) is 0 Å². The Labute approximate surface area is 430 Å². The number of aromatic nitrogens is 3. The first-order valence-electron chi connectivity index (χ1n) is 24.6. The van der Waals surface area contributed by atoms with Gasteiger partial charge in [0, 0.05) is 88.1 Å². The van der Waals surface area contributed by atoms with E-state index in [0.29, 0.717) is 34.2 Å². The molecule has 17 nitrogen and oxygen atoms in total. The van der Waals surface area contributed by atoms with Crippen molar-refractivity contribution in [3.63, 3.8) is 0 Å². The molecule has 0 aliphatic rings. The summed E-state index contributed by atoms with van der Waals surface area (Å²) < 4.78 is 23.5. The van der Waals surface area contributed by atoms with Crippen LogP contribution in [0.25, 0.3) is 0 Å². The van der Waals surface area contributed by atoms with Crippen LogP contribution in [0.3, 0.4) is 0 Å². The van der Waals surface area contributed by atoms with Crippen LogP contribution in [0.1, 0.15) is 96.3 Å². The Morgan fingerprint density at radius 3 is 0.986 bits per heavy atom.